The third-order valence-electron chi connectivity index (χ3n) is 9.05. The van der Waals surface area contributed by atoms with E-state index >= 15 is 0 Å². The number of aryl methyl sites for hydroxylation is 1. The molecule has 3 atom stereocenters. The van der Waals surface area contributed by atoms with E-state index in [-0.39, 0.29) is 41.1 Å². The highest BCUT2D eigenvalue weighted by atomic mass is 19.1. The third kappa shape index (κ3) is 4.98. The molecule has 3 aliphatic rings. The quantitative estimate of drug-likeness (QED) is 0.359. The number of carbonyl (C=O) groups is 2. The first kappa shape index (κ1) is 27.1. The van der Waals surface area contributed by atoms with E-state index in [1.54, 1.807) is 47.6 Å². The fourth-order valence-corrected chi connectivity index (χ4v) is 7.00. The zero-order chi connectivity index (χ0) is 29.7. The molecule has 0 radical (unpaired) electrons. The molecule has 0 aliphatic carbocycles. The molecule has 8 nitrogen and oxygen atoms in total. The van der Waals surface area contributed by atoms with Gasteiger partial charge in [0.15, 0.2) is 0 Å². The molecule has 4 aromatic rings. The van der Waals surface area contributed by atoms with E-state index < -0.39 is 0 Å². The van der Waals surface area contributed by atoms with Crippen molar-refractivity contribution in [3.8, 4) is 0 Å². The summed E-state index contributed by atoms with van der Waals surface area (Å²) in [6.45, 7) is 4.07. The van der Waals surface area contributed by atoms with Crippen molar-refractivity contribution >= 4 is 28.9 Å². The van der Waals surface area contributed by atoms with Crippen LogP contribution in [0.25, 0.3) is 0 Å². The van der Waals surface area contributed by atoms with Gasteiger partial charge in [-0.05, 0) is 92.3 Å². The van der Waals surface area contributed by atoms with Gasteiger partial charge in [-0.3, -0.25) is 19.4 Å². The number of hydrogen-bond acceptors (Lipinski definition) is 5. The van der Waals surface area contributed by atoms with Crippen LogP contribution in [0, 0.1) is 11.7 Å². The maximum atomic E-state index is 14.0. The Morgan fingerprint density at radius 2 is 1.74 bits per heavy atom. The minimum absolute atomic E-state index is 0.0325. The van der Waals surface area contributed by atoms with Crippen LogP contribution in [0.5, 0.6) is 0 Å². The zero-order valence-corrected chi connectivity index (χ0v) is 23.9. The Bertz CT molecular complexity index is 1790. The summed E-state index contributed by atoms with van der Waals surface area (Å²) < 4.78 is 15.9. The largest absolute Gasteiger partial charge is 0.369 e. The van der Waals surface area contributed by atoms with Gasteiger partial charge in [0.2, 0.25) is 0 Å². The van der Waals surface area contributed by atoms with Crippen molar-refractivity contribution in [1.82, 2.24) is 9.55 Å². The highest BCUT2D eigenvalue weighted by Crippen LogP contribution is 2.40. The number of piperidine rings is 1. The van der Waals surface area contributed by atoms with Crippen molar-refractivity contribution in [2.75, 3.05) is 28.2 Å². The predicted molar refractivity (Wildman–Crippen MR) is 163 cm³/mol. The molecule has 2 aromatic heterocycles. The van der Waals surface area contributed by atoms with Gasteiger partial charge >= 0.3 is 0 Å². The fourth-order valence-electron chi connectivity index (χ4n) is 7.00. The number of benzene rings is 2. The summed E-state index contributed by atoms with van der Waals surface area (Å²) in [6.07, 6.45) is 5.57. The van der Waals surface area contributed by atoms with Crippen LogP contribution in [0.1, 0.15) is 57.7 Å². The van der Waals surface area contributed by atoms with E-state index in [1.807, 2.05) is 35.8 Å². The number of amides is 2. The summed E-state index contributed by atoms with van der Waals surface area (Å²) in [7, 11) is 0. The number of hydrogen-bond donors (Lipinski definition) is 1. The highest BCUT2D eigenvalue weighted by molar-refractivity contribution is 6.10. The average molecular weight is 578 g/mol. The van der Waals surface area contributed by atoms with Crippen molar-refractivity contribution < 1.29 is 14.0 Å². The van der Waals surface area contributed by atoms with Crippen LogP contribution in [0.15, 0.2) is 83.9 Å². The molecule has 2 aromatic carbocycles. The van der Waals surface area contributed by atoms with Gasteiger partial charge in [0.1, 0.15) is 5.82 Å². The lowest BCUT2D eigenvalue weighted by Gasteiger charge is -2.44. The first-order valence-corrected chi connectivity index (χ1v) is 14.8. The van der Waals surface area contributed by atoms with Crippen molar-refractivity contribution in [2.24, 2.45) is 5.92 Å². The minimum atomic E-state index is -0.315. The molecule has 7 rings (SSSR count). The summed E-state index contributed by atoms with van der Waals surface area (Å²) in [5.74, 6) is -0.352. The van der Waals surface area contributed by atoms with Crippen molar-refractivity contribution in [1.29, 1.82) is 0 Å². The number of nitrogens with one attached hydrogen (secondary N) is 1. The standard InChI is InChI=1S/C34H32FN5O3/c1-21-5-6-24-16-27(35)8-10-30(24)40(21)34(43)25-7-9-31(28(17-25)37-33(42)23-11-13-36-14-12-23)38-18-22-15-26(20-38)29-3-2-4-32(41)39(29)19-22/h2-4,7-14,16-17,21-22,26H,5-6,15,18-20H2,1H3,(H,37,42). The van der Waals surface area contributed by atoms with Crippen LogP contribution in [0.4, 0.5) is 21.5 Å². The lowest BCUT2D eigenvalue weighted by Crippen LogP contribution is -2.47. The number of pyridine rings is 2. The molecule has 0 spiro atoms. The monoisotopic (exact) mass is 577 g/mol. The Morgan fingerprint density at radius 3 is 2.58 bits per heavy atom. The minimum Gasteiger partial charge on any atom is -0.369 e. The number of carbonyl (C=O) groups excluding carboxylic acids is 2. The normalized spacial score (nSPS) is 20.7. The van der Waals surface area contributed by atoms with Crippen LogP contribution < -0.4 is 20.7 Å². The molecule has 9 heteroatoms. The highest BCUT2D eigenvalue weighted by Gasteiger charge is 2.36. The van der Waals surface area contributed by atoms with Crippen LogP contribution in [0.3, 0.4) is 0 Å². The lowest BCUT2D eigenvalue weighted by molar-refractivity contribution is 0.0973. The third-order valence-corrected chi connectivity index (χ3v) is 9.05. The Hall–Kier alpha value is -4.79. The van der Waals surface area contributed by atoms with E-state index in [1.165, 1.54) is 12.1 Å². The molecule has 218 valence electrons. The number of aromatic nitrogens is 2. The lowest BCUT2D eigenvalue weighted by atomic mass is 9.83. The molecular formula is C34H32FN5O3. The van der Waals surface area contributed by atoms with Gasteiger partial charge in [-0.25, -0.2) is 4.39 Å². The van der Waals surface area contributed by atoms with E-state index in [2.05, 4.69) is 15.2 Å². The van der Waals surface area contributed by atoms with E-state index in [9.17, 15) is 18.8 Å². The van der Waals surface area contributed by atoms with Crippen molar-refractivity contribution in [3.05, 3.63) is 118 Å². The molecule has 1 N–H and O–H groups in total. The molecule has 3 unspecified atom stereocenters. The molecule has 2 bridgehead atoms. The maximum absolute atomic E-state index is 14.0. The molecule has 43 heavy (non-hydrogen) atoms. The van der Waals surface area contributed by atoms with Crippen LogP contribution in [-0.2, 0) is 13.0 Å². The van der Waals surface area contributed by atoms with E-state index in [0.29, 0.717) is 36.3 Å². The fraction of sp³-hybridized carbons (Fsp3) is 0.294. The van der Waals surface area contributed by atoms with Gasteiger partial charge in [-0.1, -0.05) is 6.07 Å². The van der Waals surface area contributed by atoms with Gasteiger partial charge in [0, 0.05) is 72.6 Å². The SMILES string of the molecule is CC1CCc2cc(F)ccc2N1C(=O)c1ccc(N2CC3CC(C2)c2cccc(=O)n2C3)c(NC(=O)c2ccncc2)c1. The molecular weight excluding hydrogens is 545 g/mol. The van der Waals surface area contributed by atoms with Gasteiger partial charge in [0.05, 0.1) is 11.4 Å². The number of rotatable bonds is 4. The van der Waals surface area contributed by atoms with Gasteiger partial charge < -0.3 is 19.7 Å². The second kappa shape index (κ2) is 10.8. The van der Waals surface area contributed by atoms with Gasteiger partial charge in [-0.15, -0.1) is 0 Å². The smallest absolute Gasteiger partial charge is 0.258 e. The van der Waals surface area contributed by atoms with E-state index in [4.69, 9.17) is 0 Å². The topological polar surface area (TPSA) is 87.5 Å². The van der Waals surface area contributed by atoms with Crippen molar-refractivity contribution in [2.45, 2.75) is 44.7 Å². The summed E-state index contributed by atoms with van der Waals surface area (Å²) in [5, 5.41) is 3.07. The van der Waals surface area contributed by atoms with Crippen LogP contribution in [0.2, 0.25) is 0 Å². The average Bonchev–Trinajstić information content (AvgIpc) is 3.01. The molecule has 5 heterocycles. The molecule has 1 fully saturated rings. The van der Waals surface area contributed by atoms with Gasteiger partial charge in [0.25, 0.3) is 17.4 Å². The maximum Gasteiger partial charge on any atom is 0.258 e. The Kier molecular flexibility index (Phi) is 6.80. The van der Waals surface area contributed by atoms with Crippen LogP contribution >= 0.6 is 0 Å². The molecule has 2 amide bonds. The Balaban J connectivity index is 1.25. The first-order valence-electron chi connectivity index (χ1n) is 14.8. The Morgan fingerprint density at radius 1 is 0.930 bits per heavy atom. The summed E-state index contributed by atoms with van der Waals surface area (Å²) in [6, 6.07) is 18.7. The number of nitrogens with zero attached hydrogens (tertiary/aromatic N) is 4. The number of halogens is 1. The second-order valence-corrected chi connectivity index (χ2v) is 11.9. The van der Waals surface area contributed by atoms with Gasteiger partial charge in [-0.2, -0.15) is 0 Å². The van der Waals surface area contributed by atoms with E-state index in [0.717, 1.165) is 42.0 Å². The van der Waals surface area contributed by atoms with Crippen LogP contribution in [-0.4, -0.2) is 40.5 Å². The molecule has 3 aliphatic heterocycles. The number of fused-ring (bicyclic) bond motifs is 5. The predicted octanol–water partition coefficient (Wildman–Crippen LogP) is 5.24. The Labute approximate surface area is 248 Å². The number of anilines is 3. The molecule has 1 saturated heterocycles. The zero-order valence-electron chi connectivity index (χ0n) is 23.9. The van der Waals surface area contributed by atoms with Crippen molar-refractivity contribution in [3.63, 3.8) is 0 Å². The molecule has 0 saturated carbocycles. The first-order chi connectivity index (χ1) is 20.9. The summed E-state index contributed by atoms with van der Waals surface area (Å²) in [5.41, 5.74) is 4.87. The second-order valence-electron chi connectivity index (χ2n) is 11.9. The summed E-state index contributed by atoms with van der Waals surface area (Å²) in [4.78, 5) is 48.0. The summed E-state index contributed by atoms with van der Waals surface area (Å²) >= 11 is 0.